The molecule has 2 aromatic rings. The van der Waals surface area contributed by atoms with Crippen molar-refractivity contribution in [3.05, 3.63) is 59.5 Å². The summed E-state index contributed by atoms with van der Waals surface area (Å²) in [6.07, 6.45) is 2.85. The van der Waals surface area contributed by atoms with Crippen LogP contribution in [0.15, 0.2) is 37.0 Å². The molecule has 1 aromatic heterocycles. The molecule has 23 heavy (non-hydrogen) atoms. The largest absolute Gasteiger partial charge is 0.462 e. The summed E-state index contributed by atoms with van der Waals surface area (Å²) < 4.78 is 24.2. The summed E-state index contributed by atoms with van der Waals surface area (Å²) >= 11 is 0. The number of carbonyl (C=O) groups excluding carboxylic acids is 1. The minimum Gasteiger partial charge on any atom is -0.462 e. The van der Waals surface area contributed by atoms with Gasteiger partial charge in [-0.05, 0) is 30.7 Å². The van der Waals surface area contributed by atoms with Gasteiger partial charge in [0, 0.05) is 12.3 Å². The molecule has 116 valence electrons. The zero-order valence-corrected chi connectivity index (χ0v) is 12.4. The number of ether oxygens (including phenoxy) is 2. The van der Waals surface area contributed by atoms with Crippen molar-refractivity contribution < 1.29 is 18.7 Å². The Morgan fingerprint density at radius 1 is 1.48 bits per heavy atom. The normalized spacial score (nSPS) is 9.78. The Kier molecular flexibility index (Phi) is 5.05. The molecule has 0 N–H and O–H groups in total. The Morgan fingerprint density at radius 2 is 2.26 bits per heavy atom. The predicted molar refractivity (Wildman–Crippen MR) is 81.5 cm³/mol. The number of halogens is 1. The number of hydrogen-bond acceptors (Lipinski definition) is 5. The lowest BCUT2D eigenvalue weighted by Crippen LogP contribution is -2.10. The van der Waals surface area contributed by atoms with Gasteiger partial charge in [0.15, 0.2) is 11.6 Å². The van der Waals surface area contributed by atoms with Gasteiger partial charge < -0.3 is 9.47 Å². The van der Waals surface area contributed by atoms with Crippen LogP contribution in [0, 0.1) is 17.1 Å². The van der Waals surface area contributed by atoms with Gasteiger partial charge >= 0.3 is 5.97 Å². The predicted octanol–water partition coefficient (Wildman–Crippen LogP) is 3.70. The molecule has 5 nitrogen and oxygen atoms in total. The number of benzene rings is 1. The fraction of sp³-hybridized carbons (Fsp3) is 0.118. The summed E-state index contributed by atoms with van der Waals surface area (Å²) in [7, 11) is 0. The fourth-order valence-electron chi connectivity index (χ4n) is 1.87. The summed E-state index contributed by atoms with van der Waals surface area (Å²) in [5.74, 6) is -1.65. The number of aromatic nitrogens is 1. The molecule has 0 saturated carbocycles. The van der Waals surface area contributed by atoms with Crippen LogP contribution in [0.4, 0.5) is 4.39 Å². The first kappa shape index (κ1) is 16.2. The Bertz CT molecular complexity index is 797. The van der Waals surface area contributed by atoms with Crippen molar-refractivity contribution in [2.45, 2.75) is 6.92 Å². The lowest BCUT2D eigenvalue weighted by atomic mass is 10.1. The summed E-state index contributed by atoms with van der Waals surface area (Å²) in [5, 5.41) is 8.88. The molecule has 0 amide bonds. The summed E-state index contributed by atoms with van der Waals surface area (Å²) in [5.41, 5.74) is 0.718. The van der Waals surface area contributed by atoms with E-state index in [1.807, 2.05) is 6.07 Å². The van der Waals surface area contributed by atoms with Crippen LogP contribution in [-0.2, 0) is 4.74 Å². The van der Waals surface area contributed by atoms with E-state index in [-0.39, 0.29) is 29.4 Å². The molecule has 0 aliphatic rings. The van der Waals surface area contributed by atoms with Crippen LogP contribution >= 0.6 is 0 Å². The van der Waals surface area contributed by atoms with E-state index in [1.54, 1.807) is 13.0 Å². The number of hydrogen-bond donors (Lipinski definition) is 0. The van der Waals surface area contributed by atoms with Crippen molar-refractivity contribution in [3.8, 4) is 17.7 Å². The highest BCUT2D eigenvalue weighted by Gasteiger charge is 2.20. The first-order chi connectivity index (χ1) is 11.1. The van der Waals surface area contributed by atoms with Crippen molar-refractivity contribution in [3.63, 3.8) is 0 Å². The molecule has 0 fully saturated rings. The molecule has 1 aromatic carbocycles. The second-order valence-corrected chi connectivity index (χ2v) is 4.36. The zero-order chi connectivity index (χ0) is 16.8. The van der Waals surface area contributed by atoms with E-state index in [0.29, 0.717) is 5.56 Å². The average Bonchev–Trinajstić information content (AvgIpc) is 2.56. The van der Waals surface area contributed by atoms with Crippen molar-refractivity contribution in [1.82, 2.24) is 4.98 Å². The topological polar surface area (TPSA) is 72.2 Å². The van der Waals surface area contributed by atoms with Crippen molar-refractivity contribution >= 4 is 12.0 Å². The maximum Gasteiger partial charge on any atom is 0.344 e. The van der Waals surface area contributed by atoms with Gasteiger partial charge in [-0.2, -0.15) is 5.26 Å². The molecule has 0 aliphatic carbocycles. The first-order valence-corrected chi connectivity index (χ1v) is 6.76. The van der Waals surface area contributed by atoms with E-state index in [0.717, 1.165) is 6.07 Å². The number of pyridine rings is 1. The van der Waals surface area contributed by atoms with E-state index < -0.39 is 11.8 Å². The summed E-state index contributed by atoms with van der Waals surface area (Å²) in [6.45, 7) is 5.45. The van der Waals surface area contributed by atoms with E-state index >= 15 is 0 Å². The number of carbonyl (C=O) groups is 1. The average molecular weight is 312 g/mol. The highest BCUT2D eigenvalue weighted by Crippen LogP contribution is 2.29. The van der Waals surface area contributed by atoms with Gasteiger partial charge in [-0.25, -0.2) is 14.2 Å². The third-order valence-electron chi connectivity index (χ3n) is 2.91. The minimum absolute atomic E-state index is 0.0473. The van der Waals surface area contributed by atoms with E-state index in [1.165, 1.54) is 24.4 Å². The molecular formula is C17H13FN2O3. The molecule has 6 heteroatoms. The van der Waals surface area contributed by atoms with Crippen molar-refractivity contribution in [2.75, 3.05) is 6.61 Å². The third-order valence-corrected chi connectivity index (χ3v) is 2.91. The van der Waals surface area contributed by atoms with Gasteiger partial charge in [-0.3, -0.25) is 0 Å². The highest BCUT2D eigenvalue weighted by molar-refractivity contribution is 5.96. The molecule has 0 aliphatic heterocycles. The fourth-order valence-corrected chi connectivity index (χ4v) is 1.87. The standard InChI is InChI=1S/C17H13FN2O3/c1-3-12-7-8-20-16(15(12)17(21)22-4-2)23-14-9-11(10-19)5-6-13(14)18/h3,5-9H,1,4H2,2H3. The van der Waals surface area contributed by atoms with Crippen LogP contribution in [-0.4, -0.2) is 17.6 Å². The maximum atomic E-state index is 13.9. The van der Waals surface area contributed by atoms with Crippen LogP contribution in [0.2, 0.25) is 0 Å². The highest BCUT2D eigenvalue weighted by atomic mass is 19.1. The Balaban J connectivity index is 2.50. The molecular weight excluding hydrogens is 299 g/mol. The summed E-state index contributed by atoms with van der Waals surface area (Å²) in [4.78, 5) is 16.1. The monoisotopic (exact) mass is 312 g/mol. The molecule has 0 bridgehead atoms. The number of esters is 1. The smallest absolute Gasteiger partial charge is 0.344 e. The van der Waals surface area contributed by atoms with Gasteiger partial charge in [-0.1, -0.05) is 12.7 Å². The number of nitriles is 1. The zero-order valence-electron chi connectivity index (χ0n) is 12.4. The Labute approximate surface area is 132 Å². The van der Waals surface area contributed by atoms with Crippen LogP contribution in [0.5, 0.6) is 11.6 Å². The van der Waals surface area contributed by atoms with Gasteiger partial charge in [-0.15, -0.1) is 0 Å². The van der Waals surface area contributed by atoms with Crippen LogP contribution < -0.4 is 4.74 Å². The second kappa shape index (κ2) is 7.18. The third kappa shape index (κ3) is 3.52. The first-order valence-electron chi connectivity index (χ1n) is 6.76. The van der Waals surface area contributed by atoms with Gasteiger partial charge in [0.2, 0.25) is 5.88 Å². The SMILES string of the molecule is C=Cc1ccnc(Oc2cc(C#N)ccc2F)c1C(=O)OCC. The molecule has 0 saturated heterocycles. The van der Waals surface area contributed by atoms with Gasteiger partial charge in [0.1, 0.15) is 5.56 Å². The quantitative estimate of drug-likeness (QED) is 0.787. The second-order valence-electron chi connectivity index (χ2n) is 4.36. The molecule has 0 unspecified atom stereocenters. The van der Waals surface area contributed by atoms with Crippen molar-refractivity contribution in [1.29, 1.82) is 5.26 Å². The summed E-state index contributed by atoms with van der Waals surface area (Å²) in [6, 6.07) is 7.11. The molecule has 1 heterocycles. The van der Waals surface area contributed by atoms with E-state index in [2.05, 4.69) is 11.6 Å². The number of rotatable bonds is 5. The Hall–Kier alpha value is -3.20. The van der Waals surface area contributed by atoms with E-state index in [4.69, 9.17) is 14.7 Å². The van der Waals surface area contributed by atoms with Gasteiger partial charge in [0.25, 0.3) is 0 Å². The minimum atomic E-state index is -0.676. The molecule has 0 atom stereocenters. The maximum absolute atomic E-state index is 13.9. The number of nitrogens with zero attached hydrogens (tertiary/aromatic N) is 2. The lowest BCUT2D eigenvalue weighted by molar-refractivity contribution is 0.0522. The molecule has 2 rings (SSSR count). The Morgan fingerprint density at radius 3 is 2.91 bits per heavy atom. The van der Waals surface area contributed by atoms with Crippen LogP contribution in [0.25, 0.3) is 6.08 Å². The molecule has 0 radical (unpaired) electrons. The van der Waals surface area contributed by atoms with Crippen molar-refractivity contribution in [2.24, 2.45) is 0 Å². The lowest BCUT2D eigenvalue weighted by Gasteiger charge is -2.12. The molecule has 0 spiro atoms. The van der Waals surface area contributed by atoms with Gasteiger partial charge in [0.05, 0.1) is 18.2 Å². The van der Waals surface area contributed by atoms with Crippen LogP contribution in [0.1, 0.15) is 28.4 Å². The van der Waals surface area contributed by atoms with E-state index in [9.17, 15) is 9.18 Å². The van der Waals surface area contributed by atoms with Crippen LogP contribution in [0.3, 0.4) is 0 Å².